The van der Waals surface area contributed by atoms with E-state index in [-0.39, 0.29) is 11.9 Å². The van der Waals surface area contributed by atoms with Gasteiger partial charge in [0.1, 0.15) is 0 Å². The van der Waals surface area contributed by atoms with Crippen molar-refractivity contribution < 1.29 is 19.0 Å². The molecule has 148 valence electrons. The molecule has 7 nitrogen and oxygen atoms in total. The maximum absolute atomic E-state index is 12.7. The minimum atomic E-state index is -0.290. The zero-order valence-electron chi connectivity index (χ0n) is 16.2. The Bertz CT molecular complexity index is 734. The number of rotatable bonds is 10. The Kier molecular flexibility index (Phi) is 7.87. The average molecular weight is 394 g/mol. The van der Waals surface area contributed by atoms with Crippen LogP contribution in [-0.2, 0) is 6.42 Å². The molecule has 1 atom stereocenters. The highest BCUT2D eigenvalue weighted by Crippen LogP contribution is 2.39. The van der Waals surface area contributed by atoms with E-state index in [1.807, 2.05) is 33.1 Å². The number of ether oxygens (including phenoxy) is 3. The van der Waals surface area contributed by atoms with Gasteiger partial charge in [-0.1, -0.05) is 0 Å². The Morgan fingerprint density at radius 2 is 1.74 bits per heavy atom. The van der Waals surface area contributed by atoms with Crippen molar-refractivity contribution in [2.45, 2.75) is 40.2 Å². The number of amides is 1. The maximum Gasteiger partial charge on any atom is 0.257 e. The molecule has 3 N–H and O–H groups in total. The van der Waals surface area contributed by atoms with E-state index in [2.05, 4.69) is 10.3 Å². The number of nitrogens with zero attached hydrogens (tertiary/aromatic N) is 1. The van der Waals surface area contributed by atoms with Crippen molar-refractivity contribution in [3.8, 4) is 17.2 Å². The fourth-order valence-electron chi connectivity index (χ4n) is 2.48. The van der Waals surface area contributed by atoms with Crippen molar-refractivity contribution in [3.63, 3.8) is 0 Å². The van der Waals surface area contributed by atoms with E-state index < -0.39 is 0 Å². The quantitative estimate of drug-likeness (QED) is 0.642. The molecular formula is C19H27N3O4S. The highest BCUT2D eigenvalue weighted by molar-refractivity contribution is 7.14. The van der Waals surface area contributed by atoms with Crippen LogP contribution >= 0.6 is 11.3 Å². The van der Waals surface area contributed by atoms with Gasteiger partial charge >= 0.3 is 0 Å². The molecule has 0 aliphatic heterocycles. The van der Waals surface area contributed by atoms with Gasteiger partial charge in [0.25, 0.3) is 5.91 Å². The van der Waals surface area contributed by atoms with E-state index in [1.54, 1.807) is 12.1 Å². The molecule has 2 aromatic rings. The largest absolute Gasteiger partial charge is 0.490 e. The summed E-state index contributed by atoms with van der Waals surface area (Å²) < 4.78 is 17.0. The normalized spacial score (nSPS) is 11.7. The van der Waals surface area contributed by atoms with Crippen molar-refractivity contribution in [2.24, 2.45) is 5.73 Å². The Labute approximate surface area is 163 Å². The third-order valence-corrected chi connectivity index (χ3v) is 4.28. The number of thiazole rings is 1. The lowest BCUT2D eigenvalue weighted by Gasteiger charge is -2.16. The summed E-state index contributed by atoms with van der Waals surface area (Å²) in [6.45, 7) is 8.91. The van der Waals surface area contributed by atoms with Crippen LogP contribution in [0.25, 0.3) is 0 Å². The monoisotopic (exact) mass is 393 g/mol. The Balaban J connectivity index is 2.27. The van der Waals surface area contributed by atoms with Gasteiger partial charge in [0.2, 0.25) is 5.75 Å². The fraction of sp³-hybridized carbons (Fsp3) is 0.474. The second kappa shape index (κ2) is 10.1. The minimum absolute atomic E-state index is 0.0178. The molecule has 8 heteroatoms. The number of hydrogen-bond acceptors (Lipinski definition) is 7. The maximum atomic E-state index is 12.7. The summed E-state index contributed by atoms with van der Waals surface area (Å²) in [6.07, 6.45) is 0.665. The summed E-state index contributed by atoms with van der Waals surface area (Å²) in [5.74, 6) is 1.17. The molecule has 1 unspecified atom stereocenters. The van der Waals surface area contributed by atoms with Crippen LogP contribution in [0.15, 0.2) is 17.5 Å². The van der Waals surface area contributed by atoms with Crippen LogP contribution in [0.4, 0.5) is 5.13 Å². The van der Waals surface area contributed by atoms with Crippen molar-refractivity contribution in [1.82, 2.24) is 4.98 Å². The first-order valence-corrected chi connectivity index (χ1v) is 9.94. The van der Waals surface area contributed by atoms with Crippen molar-refractivity contribution in [3.05, 3.63) is 28.8 Å². The molecule has 1 heterocycles. The predicted octanol–water partition coefficient (Wildman–Crippen LogP) is 3.48. The predicted molar refractivity (Wildman–Crippen MR) is 107 cm³/mol. The van der Waals surface area contributed by atoms with Crippen LogP contribution in [0.1, 0.15) is 43.7 Å². The lowest BCUT2D eigenvalue weighted by Crippen LogP contribution is -2.18. The van der Waals surface area contributed by atoms with Gasteiger partial charge in [0, 0.05) is 23.4 Å². The minimum Gasteiger partial charge on any atom is -0.490 e. The third-order valence-electron chi connectivity index (χ3n) is 3.47. The fourth-order valence-corrected chi connectivity index (χ4v) is 3.20. The van der Waals surface area contributed by atoms with E-state index >= 15 is 0 Å². The number of nitrogens with two attached hydrogens (primary N) is 1. The van der Waals surface area contributed by atoms with Gasteiger partial charge in [0.05, 0.1) is 25.5 Å². The highest BCUT2D eigenvalue weighted by atomic mass is 32.1. The summed E-state index contributed by atoms with van der Waals surface area (Å²) >= 11 is 1.37. The first-order valence-electron chi connectivity index (χ1n) is 9.06. The molecule has 0 saturated heterocycles. The molecule has 27 heavy (non-hydrogen) atoms. The number of benzene rings is 1. The second-order valence-corrected chi connectivity index (χ2v) is 6.74. The molecule has 1 aromatic heterocycles. The molecule has 1 amide bonds. The van der Waals surface area contributed by atoms with Crippen molar-refractivity contribution in [2.75, 3.05) is 25.1 Å². The lowest BCUT2D eigenvalue weighted by atomic mass is 10.1. The Morgan fingerprint density at radius 1 is 1.15 bits per heavy atom. The van der Waals surface area contributed by atoms with Crippen molar-refractivity contribution in [1.29, 1.82) is 0 Å². The SMILES string of the molecule is CCOc1cc(C(=O)Nc2nc(CC(C)N)cs2)cc(OCC)c1OCC. The van der Waals surface area contributed by atoms with Crippen LogP contribution in [0.3, 0.4) is 0 Å². The van der Waals surface area contributed by atoms with Crippen LogP contribution in [0, 0.1) is 0 Å². The smallest absolute Gasteiger partial charge is 0.257 e. The molecule has 0 fully saturated rings. The van der Waals surface area contributed by atoms with Crippen LogP contribution in [-0.4, -0.2) is 36.8 Å². The highest BCUT2D eigenvalue weighted by Gasteiger charge is 2.19. The Hall–Kier alpha value is -2.32. The standard InChI is InChI=1S/C19H27N3O4S/c1-5-24-15-9-13(10-16(25-6-2)17(15)26-7-3)18(23)22-19-21-14(11-27-19)8-12(4)20/h9-12H,5-8,20H2,1-4H3,(H,21,22,23). The van der Waals surface area contributed by atoms with Gasteiger partial charge < -0.3 is 19.9 Å². The number of anilines is 1. The molecule has 0 bridgehead atoms. The number of carbonyl (C=O) groups excluding carboxylic acids is 1. The molecule has 0 aliphatic rings. The first-order chi connectivity index (χ1) is 13.0. The van der Waals surface area contributed by atoms with E-state index in [0.717, 1.165) is 5.69 Å². The van der Waals surface area contributed by atoms with E-state index in [0.29, 0.717) is 54.2 Å². The van der Waals surface area contributed by atoms with Gasteiger partial charge in [-0.3, -0.25) is 10.1 Å². The Morgan fingerprint density at radius 3 is 2.26 bits per heavy atom. The zero-order chi connectivity index (χ0) is 19.8. The van der Waals surface area contributed by atoms with Gasteiger partial charge in [0.15, 0.2) is 16.6 Å². The van der Waals surface area contributed by atoms with Crippen molar-refractivity contribution >= 4 is 22.4 Å². The number of aromatic nitrogens is 1. The first kappa shape index (κ1) is 21.0. The number of carbonyl (C=O) groups is 1. The third kappa shape index (κ3) is 5.83. The summed E-state index contributed by atoms with van der Waals surface area (Å²) in [6, 6.07) is 3.33. The number of nitrogens with one attached hydrogen (secondary N) is 1. The summed E-state index contributed by atoms with van der Waals surface area (Å²) in [7, 11) is 0. The molecule has 1 aromatic carbocycles. The lowest BCUT2D eigenvalue weighted by molar-refractivity contribution is 0.102. The number of hydrogen-bond donors (Lipinski definition) is 2. The molecule has 0 saturated carbocycles. The van der Waals surface area contributed by atoms with E-state index in [4.69, 9.17) is 19.9 Å². The van der Waals surface area contributed by atoms with Crippen LogP contribution in [0.2, 0.25) is 0 Å². The van der Waals surface area contributed by atoms with Gasteiger partial charge in [-0.05, 0) is 39.8 Å². The second-order valence-electron chi connectivity index (χ2n) is 5.88. The average Bonchev–Trinajstić information content (AvgIpc) is 3.04. The molecular weight excluding hydrogens is 366 g/mol. The zero-order valence-corrected chi connectivity index (χ0v) is 17.0. The molecule has 2 rings (SSSR count). The topological polar surface area (TPSA) is 95.7 Å². The summed E-state index contributed by atoms with van der Waals surface area (Å²) in [4.78, 5) is 17.1. The summed E-state index contributed by atoms with van der Waals surface area (Å²) in [5, 5.41) is 5.24. The van der Waals surface area contributed by atoms with Gasteiger partial charge in [-0.2, -0.15) is 0 Å². The molecule has 0 spiro atoms. The molecule has 0 aliphatic carbocycles. The van der Waals surface area contributed by atoms with Crippen LogP contribution in [0.5, 0.6) is 17.2 Å². The van der Waals surface area contributed by atoms with Crippen LogP contribution < -0.4 is 25.3 Å². The van der Waals surface area contributed by atoms with Gasteiger partial charge in [-0.15, -0.1) is 11.3 Å². The van der Waals surface area contributed by atoms with E-state index in [9.17, 15) is 4.79 Å². The van der Waals surface area contributed by atoms with E-state index in [1.165, 1.54) is 11.3 Å². The summed E-state index contributed by atoms with van der Waals surface area (Å²) in [5.41, 5.74) is 7.07. The van der Waals surface area contributed by atoms with Gasteiger partial charge in [-0.25, -0.2) is 4.98 Å². The molecule has 0 radical (unpaired) electrons.